The highest BCUT2D eigenvalue weighted by Crippen LogP contribution is 2.25. The first-order chi connectivity index (χ1) is 10.2. The molecule has 0 bridgehead atoms. The molecule has 0 atom stereocenters. The number of hydrogen-bond acceptors (Lipinski definition) is 3. The Bertz CT molecular complexity index is 675. The Balaban J connectivity index is 1.95. The van der Waals surface area contributed by atoms with Crippen molar-refractivity contribution in [2.24, 2.45) is 5.73 Å². The maximum Gasteiger partial charge on any atom is 0.123 e. The number of ether oxygens (including phenoxy) is 1. The average molecular weight is 284 g/mol. The number of rotatable bonds is 4. The van der Waals surface area contributed by atoms with Crippen LogP contribution in [-0.4, -0.2) is 22.5 Å². The predicted octanol–water partition coefficient (Wildman–Crippen LogP) is 2.10. The topological polar surface area (TPSA) is 76.9 Å². The van der Waals surface area contributed by atoms with Crippen LogP contribution in [-0.2, 0) is 19.4 Å². The van der Waals surface area contributed by atoms with E-state index >= 15 is 0 Å². The highest BCUT2D eigenvalue weighted by molar-refractivity contribution is 5.95. The van der Waals surface area contributed by atoms with Crippen molar-refractivity contribution in [3.8, 4) is 5.75 Å². The van der Waals surface area contributed by atoms with Gasteiger partial charge in [0.05, 0.1) is 25.7 Å². The molecule has 0 saturated heterocycles. The van der Waals surface area contributed by atoms with Crippen LogP contribution in [0.3, 0.4) is 0 Å². The van der Waals surface area contributed by atoms with E-state index in [0.29, 0.717) is 6.54 Å². The number of methoxy groups -OCH3 is 1. The van der Waals surface area contributed by atoms with Gasteiger partial charge in [-0.3, -0.25) is 5.41 Å². The molecule has 1 aliphatic rings. The molecular formula is C16H20N4O. The zero-order valence-electron chi connectivity index (χ0n) is 12.2. The number of nitrogens with zero attached hydrogens (tertiary/aromatic N) is 2. The van der Waals surface area contributed by atoms with Gasteiger partial charge in [-0.2, -0.15) is 0 Å². The van der Waals surface area contributed by atoms with Crippen molar-refractivity contribution >= 4 is 5.84 Å². The van der Waals surface area contributed by atoms with Crippen LogP contribution >= 0.6 is 0 Å². The molecule has 1 aromatic heterocycles. The fourth-order valence-electron chi connectivity index (χ4n) is 2.92. The summed E-state index contributed by atoms with van der Waals surface area (Å²) in [6, 6.07) is 5.61. The molecule has 3 N–H and O–H groups in total. The number of hydrogen-bond donors (Lipinski definition) is 2. The van der Waals surface area contributed by atoms with Gasteiger partial charge in [0.25, 0.3) is 0 Å². The van der Waals surface area contributed by atoms with E-state index in [9.17, 15) is 0 Å². The van der Waals surface area contributed by atoms with Gasteiger partial charge < -0.3 is 15.0 Å². The van der Waals surface area contributed by atoms with Crippen LogP contribution in [0.1, 0.15) is 35.4 Å². The van der Waals surface area contributed by atoms with Crippen LogP contribution in [0.5, 0.6) is 5.75 Å². The van der Waals surface area contributed by atoms with Crippen LogP contribution in [0.25, 0.3) is 0 Å². The first kappa shape index (κ1) is 13.7. The average Bonchev–Trinajstić information content (AvgIpc) is 2.90. The van der Waals surface area contributed by atoms with Crippen molar-refractivity contribution in [3.05, 3.63) is 47.0 Å². The number of aromatic nitrogens is 2. The summed E-state index contributed by atoms with van der Waals surface area (Å²) in [6.07, 6.45) is 6.53. The molecular weight excluding hydrogens is 264 g/mol. The molecule has 1 heterocycles. The zero-order chi connectivity index (χ0) is 14.8. The third-order valence-electron chi connectivity index (χ3n) is 4.04. The van der Waals surface area contributed by atoms with E-state index in [1.54, 1.807) is 7.11 Å². The molecule has 110 valence electrons. The molecule has 0 unspecified atom stereocenters. The Morgan fingerprint density at radius 3 is 2.95 bits per heavy atom. The SMILES string of the molecule is COc1ccc(C(=N)N)cc1Cn1cnc2c1CCCC2. The Labute approximate surface area is 124 Å². The van der Waals surface area contributed by atoms with Crippen LogP contribution in [0.4, 0.5) is 0 Å². The fraction of sp³-hybridized carbons (Fsp3) is 0.375. The molecule has 3 rings (SSSR count). The number of imidazole rings is 1. The third kappa shape index (κ3) is 2.63. The summed E-state index contributed by atoms with van der Waals surface area (Å²) in [5.41, 5.74) is 9.88. The first-order valence-electron chi connectivity index (χ1n) is 7.23. The van der Waals surface area contributed by atoms with Gasteiger partial charge in [-0.15, -0.1) is 0 Å². The Morgan fingerprint density at radius 2 is 2.19 bits per heavy atom. The summed E-state index contributed by atoms with van der Waals surface area (Å²) >= 11 is 0. The molecule has 1 aromatic carbocycles. The van der Waals surface area contributed by atoms with Gasteiger partial charge >= 0.3 is 0 Å². The smallest absolute Gasteiger partial charge is 0.123 e. The summed E-state index contributed by atoms with van der Waals surface area (Å²) in [5, 5.41) is 7.58. The lowest BCUT2D eigenvalue weighted by molar-refractivity contribution is 0.408. The molecule has 0 amide bonds. The first-order valence-corrected chi connectivity index (χ1v) is 7.23. The molecule has 0 saturated carbocycles. The van der Waals surface area contributed by atoms with Gasteiger partial charge in [-0.1, -0.05) is 0 Å². The lowest BCUT2D eigenvalue weighted by Crippen LogP contribution is -2.13. The Kier molecular flexibility index (Phi) is 3.64. The summed E-state index contributed by atoms with van der Waals surface area (Å²) in [6.45, 7) is 0.701. The van der Waals surface area contributed by atoms with Crippen molar-refractivity contribution < 1.29 is 4.74 Å². The second-order valence-electron chi connectivity index (χ2n) is 5.41. The largest absolute Gasteiger partial charge is 0.496 e. The van der Waals surface area contributed by atoms with Gasteiger partial charge in [-0.05, 0) is 43.9 Å². The highest BCUT2D eigenvalue weighted by atomic mass is 16.5. The molecule has 0 aliphatic heterocycles. The van der Waals surface area contributed by atoms with Crippen LogP contribution in [0, 0.1) is 5.41 Å². The number of nitrogens with two attached hydrogens (primary N) is 1. The Hall–Kier alpha value is -2.30. The van der Waals surface area contributed by atoms with Crippen molar-refractivity contribution in [1.29, 1.82) is 5.41 Å². The van der Waals surface area contributed by atoms with E-state index in [1.807, 2.05) is 24.5 Å². The predicted molar refractivity (Wildman–Crippen MR) is 82.0 cm³/mol. The number of benzene rings is 1. The lowest BCUT2D eigenvalue weighted by Gasteiger charge is -2.16. The summed E-state index contributed by atoms with van der Waals surface area (Å²) in [7, 11) is 1.66. The van der Waals surface area contributed by atoms with Crippen molar-refractivity contribution in [3.63, 3.8) is 0 Å². The number of nitrogen functional groups attached to an aromatic ring is 1. The van der Waals surface area contributed by atoms with Crippen molar-refractivity contribution in [2.45, 2.75) is 32.2 Å². The van der Waals surface area contributed by atoms with Gasteiger partial charge in [0.2, 0.25) is 0 Å². The summed E-state index contributed by atoms with van der Waals surface area (Å²) in [5.74, 6) is 0.893. The minimum atomic E-state index is 0.0755. The molecule has 5 heteroatoms. The van der Waals surface area contributed by atoms with Gasteiger partial charge in [-0.25, -0.2) is 4.98 Å². The second kappa shape index (κ2) is 5.60. The van der Waals surface area contributed by atoms with E-state index < -0.39 is 0 Å². The van der Waals surface area contributed by atoms with Crippen LogP contribution < -0.4 is 10.5 Å². The Morgan fingerprint density at radius 1 is 1.38 bits per heavy atom. The molecule has 0 fully saturated rings. The van der Waals surface area contributed by atoms with Crippen molar-refractivity contribution in [1.82, 2.24) is 9.55 Å². The summed E-state index contributed by atoms with van der Waals surface area (Å²) < 4.78 is 7.62. The van der Waals surface area contributed by atoms with Crippen molar-refractivity contribution in [2.75, 3.05) is 7.11 Å². The van der Waals surface area contributed by atoms with E-state index in [-0.39, 0.29) is 5.84 Å². The fourth-order valence-corrected chi connectivity index (χ4v) is 2.92. The monoisotopic (exact) mass is 284 g/mol. The van der Waals surface area contributed by atoms with E-state index in [1.165, 1.54) is 24.2 Å². The minimum absolute atomic E-state index is 0.0755. The molecule has 21 heavy (non-hydrogen) atoms. The minimum Gasteiger partial charge on any atom is -0.496 e. The van der Waals surface area contributed by atoms with Gasteiger partial charge in [0.1, 0.15) is 11.6 Å². The van der Waals surface area contributed by atoms with E-state index in [2.05, 4.69) is 9.55 Å². The quantitative estimate of drug-likeness (QED) is 0.667. The number of fused-ring (bicyclic) bond motifs is 1. The molecule has 0 spiro atoms. The molecule has 5 nitrogen and oxygen atoms in total. The van der Waals surface area contributed by atoms with Crippen LogP contribution in [0.2, 0.25) is 0 Å². The number of amidine groups is 1. The maximum atomic E-state index is 7.58. The zero-order valence-corrected chi connectivity index (χ0v) is 12.2. The van der Waals surface area contributed by atoms with E-state index in [0.717, 1.165) is 29.7 Å². The van der Waals surface area contributed by atoms with Gasteiger partial charge in [0.15, 0.2) is 0 Å². The second-order valence-corrected chi connectivity index (χ2v) is 5.41. The van der Waals surface area contributed by atoms with E-state index in [4.69, 9.17) is 15.9 Å². The standard InChI is InChI=1S/C16H20N4O/c1-21-15-7-6-11(16(17)18)8-12(15)9-20-10-19-13-4-2-3-5-14(13)20/h6-8,10H,2-5,9H2,1H3,(H3,17,18). The molecule has 2 aromatic rings. The molecule has 0 radical (unpaired) electrons. The number of aryl methyl sites for hydroxylation is 1. The van der Waals surface area contributed by atoms with Crippen LogP contribution in [0.15, 0.2) is 24.5 Å². The lowest BCUT2D eigenvalue weighted by atomic mass is 10.0. The normalized spacial score (nSPS) is 13.8. The maximum absolute atomic E-state index is 7.58. The summed E-state index contributed by atoms with van der Waals surface area (Å²) in [4.78, 5) is 4.52. The van der Waals surface area contributed by atoms with Gasteiger partial charge in [0, 0.05) is 16.8 Å². The molecule has 1 aliphatic carbocycles. The number of nitrogens with one attached hydrogen (secondary N) is 1. The third-order valence-corrected chi connectivity index (χ3v) is 4.04. The highest BCUT2D eigenvalue weighted by Gasteiger charge is 2.16.